The Kier molecular flexibility index (Phi) is 2.38. The Hall–Kier alpha value is -0.830. The molecule has 1 unspecified atom stereocenters. The minimum absolute atomic E-state index is 0.233. The molecule has 0 radical (unpaired) electrons. The first-order valence-electron chi connectivity index (χ1n) is 5.64. The van der Waals surface area contributed by atoms with Gasteiger partial charge in [-0.15, -0.1) is 0 Å². The smallest absolute Gasteiger partial charge is 0.107 e. The van der Waals surface area contributed by atoms with Gasteiger partial charge in [-0.3, -0.25) is 4.68 Å². The first kappa shape index (κ1) is 10.7. The summed E-state index contributed by atoms with van der Waals surface area (Å²) in [5, 5.41) is 14.8. The van der Waals surface area contributed by atoms with E-state index in [2.05, 4.69) is 18.9 Å². The number of nitrogens with zero attached hydrogens (tertiary/aromatic N) is 2. The highest BCUT2D eigenvalue weighted by Gasteiger charge is 2.41. The largest absolute Gasteiger partial charge is 0.384 e. The van der Waals surface area contributed by atoms with E-state index in [0.717, 1.165) is 25.0 Å². The Morgan fingerprint density at radius 1 is 1.40 bits per heavy atom. The summed E-state index contributed by atoms with van der Waals surface area (Å²) in [5.74, 6) is 0. The maximum absolute atomic E-state index is 10.7. The molecular weight excluding hydrogens is 188 g/mol. The van der Waals surface area contributed by atoms with Crippen molar-refractivity contribution in [2.45, 2.75) is 45.1 Å². The van der Waals surface area contributed by atoms with E-state index >= 15 is 0 Å². The van der Waals surface area contributed by atoms with Crippen molar-refractivity contribution in [3.05, 3.63) is 18.0 Å². The van der Waals surface area contributed by atoms with Gasteiger partial charge in [0.2, 0.25) is 0 Å². The van der Waals surface area contributed by atoms with Gasteiger partial charge < -0.3 is 5.11 Å². The van der Waals surface area contributed by atoms with Gasteiger partial charge in [-0.05, 0) is 37.2 Å². The van der Waals surface area contributed by atoms with Gasteiger partial charge in [0.25, 0.3) is 0 Å². The van der Waals surface area contributed by atoms with Crippen molar-refractivity contribution in [2.75, 3.05) is 0 Å². The molecule has 0 amide bonds. The molecule has 1 heterocycles. The van der Waals surface area contributed by atoms with Crippen molar-refractivity contribution in [1.29, 1.82) is 0 Å². The highest BCUT2D eigenvalue weighted by atomic mass is 16.3. The van der Waals surface area contributed by atoms with Gasteiger partial charge in [-0.1, -0.05) is 13.8 Å². The fraction of sp³-hybridized carbons (Fsp3) is 0.750. The van der Waals surface area contributed by atoms with Gasteiger partial charge in [0.05, 0.1) is 5.69 Å². The maximum Gasteiger partial charge on any atom is 0.107 e. The van der Waals surface area contributed by atoms with Gasteiger partial charge >= 0.3 is 0 Å². The molecule has 0 aromatic carbocycles. The molecule has 84 valence electrons. The van der Waals surface area contributed by atoms with Crippen molar-refractivity contribution in [2.24, 2.45) is 12.5 Å². The molecule has 1 atom stereocenters. The van der Waals surface area contributed by atoms with E-state index in [4.69, 9.17) is 0 Å². The second kappa shape index (κ2) is 3.34. The molecule has 2 rings (SSSR count). The van der Waals surface area contributed by atoms with Gasteiger partial charge in [0.15, 0.2) is 0 Å². The van der Waals surface area contributed by atoms with Gasteiger partial charge in [0.1, 0.15) is 5.60 Å². The molecule has 0 bridgehead atoms. The zero-order chi connectivity index (χ0) is 11.1. The van der Waals surface area contributed by atoms with Crippen LogP contribution in [0.1, 0.15) is 45.2 Å². The van der Waals surface area contributed by atoms with Crippen LogP contribution >= 0.6 is 0 Å². The van der Waals surface area contributed by atoms with Crippen LogP contribution in [0, 0.1) is 5.41 Å². The van der Waals surface area contributed by atoms with Crippen molar-refractivity contribution in [3.8, 4) is 0 Å². The molecule has 0 saturated heterocycles. The molecule has 3 heteroatoms. The number of rotatable bonds is 1. The summed E-state index contributed by atoms with van der Waals surface area (Å²) in [7, 11) is 1.90. The third-order valence-electron chi connectivity index (χ3n) is 3.51. The maximum atomic E-state index is 10.7. The molecular formula is C12H20N2O. The molecule has 15 heavy (non-hydrogen) atoms. The van der Waals surface area contributed by atoms with Crippen LogP contribution in [-0.4, -0.2) is 14.9 Å². The van der Waals surface area contributed by atoms with Gasteiger partial charge in [-0.25, -0.2) is 0 Å². The van der Waals surface area contributed by atoms with E-state index in [9.17, 15) is 5.11 Å². The lowest BCUT2D eigenvalue weighted by Gasteiger charge is -2.41. The van der Waals surface area contributed by atoms with Crippen LogP contribution in [0.3, 0.4) is 0 Å². The fourth-order valence-corrected chi connectivity index (χ4v) is 2.88. The Morgan fingerprint density at radius 3 is 2.67 bits per heavy atom. The standard InChI is InChI=1S/C12H20N2O/c1-11(2)6-4-7-12(15,9-11)10-5-8-13-14(10)3/h5,8,15H,4,6-7,9H2,1-3H3. The Balaban J connectivity index is 2.31. The van der Waals surface area contributed by atoms with Gasteiger partial charge in [-0.2, -0.15) is 5.10 Å². The molecule has 1 aliphatic rings. The van der Waals surface area contributed by atoms with E-state index in [1.54, 1.807) is 10.9 Å². The first-order valence-corrected chi connectivity index (χ1v) is 5.64. The predicted octanol–water partition coefficient (Wildman–Crippen LogP) is 2.21. The van der Waals surface area contributed by atoms with E-state index in [-0.39, 0.29) is 5.41 Å². The quantitative estimate of drug-likeness (QED) is 0.768. The molecule has 3 nitrogen and oxygen atoms in total. The monoisotopic (exact) mass is 208 g/mol. The number of hydrogen-bond donors (Lipinski definition) is 1. The van der Waals surface area contributed by atoms with Crippen LogP contribution < -0.4 is 0 Å². The fourth-order valence-electron chi connectivity index (χ4n) is 2.88. The Labute approximate surface area is 91.1 Å². The van der Waals surface area contributed by atoms with Crippen molar-refractivity contribution >= 4 is 0 Å². The summed E-state index contributed by atoms with van der Waals surface area (Å²) in [6.07, 6.45) is 5.74. The van der Waals surface area contributed by atoms with E-state index < -0.39 is 5.60 Å². The zero-order valence-corrected chi connectivity index (χ0v) is 9.82. The minimum Gasteiger partial charge on any atom is -0.384 e. The molecule has 1 fully saturated rings. The van der Waals surface area contributed by atoms with Crippen LogP contribution in [0.5, 0.6) is 0 Å². The van der Waals surface area contributed by atoms with E-state index in [1.165, 1.54) is 6.42 Å². The highest BCUT2D eigenvalue weighted by molar-refractivity contribution is 5.13. The summed E-state index contributed by atoms with van der Waals surface area (Å²) in [4.78, 5) is 0. The lowest BCUT2D eigenvalue weighted by Crippen LogP contribution is -2.38. The average Bonchev–Trinajstić information content (AvgIpc) is 2.49. The lowest BCUT2D eigenvalue weighted by molar-refractivity contribution is -0.0499. The second-order valence-electron chi connectivity index (χ2n) is 5.57. The summed E-state index contributed by atoms with van der Waals surface area (Å²) in [6, 6.07) is 1.93. The molecule has 1 N–H and O–H groups in total. The van der Waals surface area contributed by atoms with Crippen LogP contribution in [-0.2, 0) is 12.6 Å². The van der Waals surface area contributed by atoms with Crippen LogP contribution in [0.25, 0.3) is 0 Å². The lowest BCUT2D eigenvalue weighted by atomic mass is 9.68. The molecule has 1 saturated carbocycles. The first-order chi connectivity index (χ1) is 6.93. The van der Waals surface area contributed by atoms with Crippen molar-refractivity contribution in [3.63, 3.8) is 0 Å². The zero-order valence-electron chi connectivity index (χ0n) is 9.82. The third kappa shape index (κ3) is 1.93. The minimum atomic E-state index is -0.674. The molecule has 0 aliphatic heterocycles. The number of aromatic nitrogens is 2. The molecule has 1 aliphatic carbocycles. The Morgan fingerprint density at radius 2 is 2.13 bits per heavy atom. The molecule has 1 aromatic rings. The van der Waals surface area contributed by atoms with Gasteiger partial charge in [0, 0.05) is 13.2 Å². The van der Waals surface area contributed by atoms with Crippen molar-refractivity contribution < 1.29 is 5.11 Å². The average molecular weight is 208 g/mol. The second-order valence-corrected chi connectivity index (χ2v) is 5.57. The van der Waals surface area contributed by atoms with Crippen LogP contribution in [0.15, 0.2) is 12.3 Å². The van der Waals surface area contributed by atoms with Crippen LogP contribution in [0.4, 0.5) is 0 Å². The topological polar surface area (TPSA) is 38.0 Å². The normalized spacial score (nSPS) is 30.4. The molecule has 1 aromatic heterocycles. The predicted molar refractivity (Wildman–Crippen MR) is 59.4 cm³/mol. The number of aliphatic hydroxyl groups is 1. The summed E-state index contributed by atoms with van der Waals surface area (Å²) < 4.78 is 1.79. The van der Waals surface area contributed by atoms with E-state index in [0.29, 0.717) is 0 Å². The van der Waals surface area contributed by atoms with E-state index in [1.807, 2.05) is 13.1 Å². The van der Waals surface area contributed by atoms with Crippen molar-refractivity contribution in [1.82, 2.24) is 9.78 Å². The highest BCUT2D eigenvalue weighted by Crippen LogP contribution is 2.45. The molecule has 0 spiro atoms. The number of hydrogen-bond acceptors (Lipinski definition) is 2. The summed E-state index contributed by atoms with van der Waals surface area (Å²) >= 11 is 0. The summed E-state index contributed by atoms with van der Waals surface area (Å²) in [5.41, 5.74) is 0.514. The Bertz CT molecular complexity index is 356. The third-order valence-corrected chi connectivity index (χ3v) is 3.51. The number of aryl methyl sites for hydroxylation is 1. The SMILES string of the molecule is Cn1nccc1C1(O)CCCC(C)(C)C1. The van der Waals surface area contributed by atoms with Crippen LogP contribution in [0.2, 0.25) is 0 Å². The summed E-state index contributed by atoms with van der Waals surface area (Å²) in [6.45, 7) is 4.46.